The van der Waals surface area contributed by atoms with Crippen LogP contribution in [0.5, 0.6) is 5.75 Å². The fourth-order valence-electron chi connectivity index (χ4n) is 4.83. The molecule has 2 aliphatic rings. The third kappa shape index (κ3) is 4.43. The Hall–Kier alpha value is -3.11. The molecule has 38 heavy (non-hydrogen) atoms. The molecule has 1 fully saturated rings. The topological polar surface area (TPSA) is 79.5 Å². The van der Waals surface area contributed by atoms with Gasteiger partial charge < -0.3 is 9.72 Å². The maximum Gasteiger partial charge on any atom is 0.305 e. The highest BCUT2D eigenvalue weighted by molar-refractivity contribution is 8.00. The number of fused-ring (bicyclic) bond motifs is 2. The molecule has 0 aliphatic carbocycles. The number of H-pyrrole nitrogens is 1. The van der Waals surface area contributed by atoms with Crippen molar-refractivity contribution in [3.05, 3.63) is 108 Å². The highest BCUT2D eigenvalue weighted by Crippen LogP contribution is 2.54. The molecule has 11 heteroatoms. The van der Waals surface area contributed by atoms with Crippen LogP contribution in [0.15, 0.2) is 76.6 Å². The minimum absolute atomic E-state index is 0.228. The fraction of sp³-hybridized carbons (Fsp3) is 0.148. The third-order valence-electron chi connectivity index (χ3n) is 6.52. The summed E-state index contributed by atoms with van der Waals surface area (Å²) in [6, 6.07) is 17.6. The van der Waals surface area contributed by atoms with E-state index in [4.69, 9.17) is 27.9 Å². The van der Waals surface area contributed by atoms with E-state index in [0.29, 0.717) is 31.3 Å². The van der Waals surface area contributed by atoms with Crippen LogP contribution in [0.1, 0.15) is 21.9 Å². The van der Waals surface area contributed by atoms with Gasteiger partial charge in [-0.25, -0.2) is 9.29 Å². The Morgan fingerprint density at radius 1 is 0.921 bits per heavy atom. The number of halogens is 3. The number of amides is 2. The molecule has 2 unspecified atom stereocenters. The summed E-state index contributed by atoms with van der Waals surface area (Å²) in [5.41, 5.74) is 1.77. The van der Waals surface area contributed by atoms with E-state index in [9.17, 15) is 18.8 Å². The van der Waals surface area contributed by atoms with Crippen LogP contribution in [0.25, 0.3) is 0 Å². The second-order valence-corrected chi connectivity index (χ2v) is 11.9. The highest BCUT2D eigenvalue weighted by atomic mass is 35.5. The first-order valence-corrected chi connectivity index (χ1v) is 13.9. The quantitative estimate of drug-likeness (QED) is 0.279. The van der Waals surface area contributed by atoms with Gasteiger partial charge in [-0.1, -0.05) is 58.4 Å². The molecule has 2 aliphatic heterocycles. The number of carbonyl (C=O) groups is 2. The predicted molar refractivity (Wildman–Crippen MR) is 146 cm³/mol. The van der Waals surface area contributed by atoms with E-state index in [1.165, 1.54) is 24.3 Å². The number of nitrogens with zero attached hydrogens (tertiary/aromatic N) is 1. The van der Waals surface area contributed by atoms with Crippen LogP contribution in [0.2, 0.25) is 10.0 Å². The second-order valence-electron chi connectivity index (χ2n) is 8.84. The summed E-state index contributed by atoms with van der Waals surface area (Å²) in [7, 11) is 0. The number of hydrogen-bond donors (Lipinski definition) is 1. The van der Waals surface area contributed by atoms with Crippen molar-refractivity contribution in [1.29, 1.82) is 0 Å². The van der Waals surface area contributed by atoms with E-state index in [2.05, 4.69) is 4.98 Å². The van der Waals surface area contributed by atoms with Gasteiger partial charge in [0.25, 0.3) is 0 Å². The number of aromatic nitrogens is 1. The molecule has 0 bridgehead atoms. The molecule has 1 aromatic heterocycles. The standard InChI is InChI=1S/C27H17Cl2FN2O4S2/c28-14-3-1-13(2-4-14)12-36-19-10-5-15(29)11-18(19)20-21-23(37-24-22(20)38-27(35)31-24)26(34)32(25(21)33)17-8-6-16(30)7-9-17/h1-11,20-21,23H,12H2,(H,31,35)/t20-,21?,23?/m1/s1. The van der Waals surface area contributed by atoms with Gasteiger partial charge >= 0.3 is 4.87 Å². The number of thioether (sulfide) groups is 1. The van der Waals surface area contributed by atoms with Crippen LogP contribution in [0.3, 0.4) is 0 Å². The van der Waals surface area contributed by atoms with Gasteiger partial charge in [0.15, 0.2) is 0 Å². The Morgan fingerprint density at radius 2 is 1.63 bits per heavy atom. The first-order valence-electron chi connectivity index (χ1n) is 11.5. The van der Waals surface area contributed by atoms with Crippen molar-refractivity contribution in [1.82, 2.24) is 4.98 Å². The van der Waals surface area contributed by atoms with Crippen molar-refractivity contribution in [3.8, 4) is 5.75 Å². The normalized spacial score (nSPS) is 20.4. The van der Waals surface area contributed by atoms with Crippen molar-refractivity contribution >= 4 is 63.8 Å². The van der Waals surface area contributed by atoms with E-state index < -0.39 is 34.7 Å². The number of ether oxygens (including phenoxy) is 1. The van der Waals surface area contributed by atoms with Gasteiger partial charge in [-0.05, 0) is 60.2 Å². The molecule has 6 rings (SSSR count). The molecular formula is C27H17Cl2FN2O4S2. The lowest BCUT2D eigenvalue weighted by molar-refractivity contribution is -0.122. The number of hydrogen-bond acceptors (Lipinski definition) is 6. The van der Waals surface area contributed by atoms with Gasteiger partial charge in [-0.3, -0.25) is 14.4 Å². The number of benzene rings is 3. The van der Waals surface area contributed by atoms with E-state index >= 15 is 0 Å². The van der Waals surface area contributed by atoms with Gasteiger partial charge in [0, 0.05) is 26.4 Å². The zero-order chi connectivity index (χ0) is 26.6. The molecule has 1 N–H and O–H groups in total. The molecule has 3 atom stereocenters. The lowest BCUT2D eigenvalue weighted by atomic mass is 9.82. The summed E-state index contributed by atoms with van der Waals surface area (Å²) in [5.74, 6) is -2.34. The lowest BCUT2D eigenvalue weighted by Crippen LogP contribution is -2.32. The van der Waals surface area contributed by atoms with Gasteiger partial charge in [0.1, 0.15) is 23.4 Å². The molecule has 1 saturated heterocycles. The van der Waals surface area contributed by atoms with E-state index in [0.717, 1.165) is 33.6 Å². The molecule has 2 amide bonds. The van der Waals surface area contributed by atoms with Crippen LogP contribution in [-0.2, 0) is 16.2 Å². The Balaban J connectivity index is 1.44. The first kappa shape index (κ1) is 25.2. The monoisotopic (exact) mass is 586 g/mol. The minimum Gasteiger partial charge on any atom is -0.489 e. The van der Waals surface area contributed by atoms with E-state index in [1.54, 1.807) is 30.3 Å². The Bertz CT molecular complexity index is 1620. The van der Waals surface area contributed by atoms with Crippen LogP contribution >= 0.6 is 46.3 Å². The fourth-order valence-corrected chi connectivity index (χ4v) is 7.64. The van der Waals surface area contributed by atoms with Gasteiger partial charge in [-0.2, -0.15) is 0 Å². The van der Waals surface area contributed by atoms with Crippen LogP contribution in [0, 0.1) is 11.7 Å². The summed E-state index contributed by atoms with van der Waals surface area (Å²) in [5, 5.41) is 0.775. The van der Waals surface area contributed by atoms with E-state index in [1.807, 2.05) is 12.1 Å². The zero-order valence-corrected chi connectivity index (χ0v) is 22.5. The number of nitrogens with one attached hydrogen (secondary N) is 1. The van der Waals surface area contributed by atoms with Crippen molar-refractivity contribution < 1.29 is 18.7 Å². The average molecular weight is 587 g/mol. The third-order valence-corrected chi connectivity index (χ3v) is 9.41. The molecule has 3 aromatic carbocycles. The molecule has 192 valence electrons. The Labute approximate surface area is 234 Å². The smallest absolute Gasteiger partial charge is 0.305 e. The molecule has 0 radical (unpaired) electrons. The van der Waals surface area contributed by atoms with Crippen molar-refractivity contribution in [2.45, 2.75) is 22.8 Å². The van der Waals surface area contributed by atoms with Crippen LogP contribution in [0.4, 0.5) is 10.1 Å². The number of carbonyl (C=O) groups excluding carboxylic acids is 2. The first-order chi connectivity index (χ1) is 18.3. The molecule has 0 spiro atoms. The van der Waals surface area contributed by atoms with Gasteiger partial charge in [-0.15, -0.1) is 0 Å². The number of rotatable bonds is 5. The van der Waals surface area contributed by atoms with Crippen molar-refractivity contribution in [3.63, 3.8) is 0 Å². The van der Waals surface area contributed by atoms with Crippen LogP contribution in [-0.4, -0.2) is 22.0 Å². The van der Waals surface area contributed by atoms with Crippen LogP contribution < -0.4 is 14.5 Å². The zero-order valence-electron chi connectivity index (χ0n) is 19.3. The average Bonchev–Trinajstić information content (AvgIpc) is 3.39. The minimum atomic E-state index is -0.826. The SMILES string of the molecule is O=C1C2Sc3[nH]c(=O)sc3[C@H](c3cc(Cl)ccc3OCc3ccc(Cl)cc3)C2C(=O)N1c1ccc(F)cc1. The number of anilines is 1. The molecule has 4 aromatic rings. The maximum absolute atomic E-state index is 13.9. The summed E-state index contributed by atoms with van der Waals surface area (Å²) in [6.07, 6.45) is 0. The van der Waals surface area contributed by atoms with Gasteiger partial charge in [0.05, 0.1) is 16.6 Å². The van der Waals surface area contributed by atoms with Gasteiger partial charge in [0.2, 0.25) is 11.8 Å². The molecule has 3 heterocycles. The van der Waals surface area contributed by atoms with Crippen molar-refractivity contribution in [2.75, 3.05) is 4.90 Å². The predicted octanol–water partition coefficient (Wildman–Crippen LogP) is 6.26. The number of imide groups is 1. The second kappa shape index (κ2) is 9.89. The summed E-state index contributed by atoms with van der Waals surface area (Å²) in [6.45, 7) is 0.228. The summed E-state index contributed by atoms with van der Waals surface area (Å²) < 4.78 is 19.7. The Kier molecular flexibility index (Phi) is 6.55. The van der Waals surface area contributed by atoms with E-state index in [-0.39, 0.29) is 17.2 Å². The Morgan fingerprint density at radius 3 is 2.37 bits per heavy atom. The lowest BCUT2D eigenvalue weighted by Gasteiger charge is -2.31. The highest BCUT2D eigenvalue weighted by Gasteiger charge is 2.56. The largest absolute Gasteiger partial charge is 0.489 e. The summed E-state index contributed by atoms with van der Waals surface area (Å²) >= 11 is 14.6. The molecular weight excluding hydrogens is 570 g/mol. The van der Waals surface area contributed by atoms with Crippen molar-refractivity contribution in [2.24, 2.45) is 5.92 Å². The maximum atomic E-state index is 13.9. The number of thiazole rings is 1. The summed E-state index contributed by atoms with van der Waals surface area (Å²) in [4.78, 5) is 44.1. The number of aromatic amines is 1. The molecule has 0 saturated carbocycles. The molecule has 6 nitrogen and oxygen atoms in total.